The SMILES string of the molecule is Cc1nc(-c2ncccn2)sc1CC(=O)O.Cl. The molecule has 2 aromatic rings. The first-order valence-electron chi connectivity index (χ1n) is 4.62. The summed E-state index contributed by atoms with van der Waals surface area (Å²) >= 11 is 1.32. The summed E-state index contributed by atoms with van der Waals surface area (Å²) in [5.74, 6) is -0.320. The molecule has 2 heterocycles. The molecular formula is C10H10ClN3O2S. The molecule has 0 fully saturated rings. The molecule has 2 rings (SSSR count). The second-order valence-electron chi connectivity index (χ2n) is 3.17. The summed E-state index contributed by atoms with van der Waals surface area (Å²) in [6.07, 6.45) is 3.27. The maximum absolute atomic E-state index is 10.6. The van der Waals surface area contributed by atoms with Crippen LogP contribution in [0.1, 0.15) is 10.6 Å². The molecule has 0 amide bonds. The lowest BCUT2D eigenvalue weighted by molar-refractivity contribution is -0.136. The van der Waals surface area contributed by atoms with E-state index < -0.39 is 5.97 Å². The number of carboxylic acids is 1. The Hall–Kier alpha value is -1.53. The van der Waals surface area contributed by atoms with E-state index in [1.807, 2.05) is 0 Å². The number of aromatic nitrogens is 3. The summed E-state index contributed by atoms with van der Waals surface area (Å²) in [4.78, 5) is 23.8. The van der Waals surface area contributed by atoms with Crippen molar-refractivity contribution in [3.05, 3.63) is 29.0 Å². The Balaban J connectivity index is 0.00000144. The van der Waals surface area contributed by atoms with Crippen LogP contribution in [-0.2, 0) is 11.2 Å². The molecule has 17 heavy (non-hydrogen) atoms. The highest BCUT2D eigenvalue weighted by Crippen LogP contribution is 2.25. The number of rotatable bonds is 3. The highest BCUT2D eigenvalue weighted by molar-refractivity contribution is 7.15. The lowest BCUT2D eigenvalue weighted by Gasteiger charge is -1.91. The molecule has 0 bridgehead atoms. The smallest absolute Gasteiger partial charge is 0.308 e. The summed E-state index contributed by atoms with van der Waals surface area (Å²) in [5.41, 5.74) is 0.731. The zero-order chi connectivity index (χ0) is 11.5. The average molecular weight is 272 g/mol. The highest BCUT2D eigenvalue weighted by Gasteiger charge is 2.13. The number of nitrogens with zero attached hydrogens (tertiary/aromatic N) is 3. The Labute approximate surface area is 108 Å². The standard InChI is InChI=1S/C10H9N3O2S.ClH/c1-6-7(5-8(14)15)16-10(13-6)9-11-3-2-4-12-9;/h2-4H,5H2,1H3,(H,14,15);1H. The third-order valence-corrected chi connectivity index (χ3v) is 3.11. The third-order valence-electron chi connectivity index (χ3n) is 1.96. The largest absolute Gasteiger partial charge is 0.481 e. The molecular weight excluding hydrogens is 262 g/mol. The lowest BCUT2D eigenvalue weighted by Crippen LogP contribution is -1.99. The maximum atomic E-state index is 10.6. The maximum Gasteiger partial charge on any atom is 0.308 e. The van der Waals surface area contributed by atoms with Gasteiger partial charge < -0.3 is 5.11 Å². The number of thiazole rings is 1. The van der Waals surface area contributed by atoms with Gasteiger partial charge in [-0.1, -0.05) is 0 Å². The quantitative estimate of drug-likeness (QED) is 0.923. The lowest BCUT2D eigenvalue weighted by atomic mass is 10.3. The zero-order valence-electron chi connectivity index (χ0n) is 8.95. The fourth-order valence-corrected chi connectivity index (χ4v) is 2.24. The molecule has 0 saturated heterocycles. The van der Waals surface area contributed by atoms with Gasteiger partial charge in [-0.3, -0.25) is 4.79 Å². The number of halogens is 1. The van der Waals surface area contributed by atoms with Crippen molar-refractivity contribution in [2.75, 3.05) is 0 Å². The summed E-state index contributed by atoms with van der Waals surface area (Å²) in [6, 6.07) is 1.72. The second kappa shape index (κ2) is 5.70. The number of carbonyl (C=O) groups is 1. The molecule has 2 aromatic heterocycles. The monoisotopic (exact) mass is 271 g/mol. The van der Waals surface area contributed by atoms with Crippen molar-refractivity contribution < 1.29 is 9.90 Å². The minimum Gasteiger partial charge on any atom is -0.481 e. The summed E-state index contributed by atoms with van der Waals surface area (Å²) < 4.78 is 0. The van der Waals surface area contributed by atoms with Gasteiger partial charge >= 0.3 is 5.97 Å². The summed E-state index contributed by atoms with van der Waals surface area (Å²) in [7, 11) is 0. The van der Waals surface area contributed by atoms with Crippen LogP contribution in [0.2, 0.25) is 0 Å². The van der Waals surface area contributed by atoms with Gasteiger partial charge in [0.15, 0.2) is 10.8 Å². The first-order chi connectivity index (χ1) is 7.66. The van der Waals surface area contributed by atoms with E-state index in [0.29, 0.717) is 10.8 Å². The summed E-state index contributed by atoms with van der Waals surface area (Å²) in [6.45, 7) is 1.79. The molecule has 1 N–H and O–H groups in total. The van der Waals surface area contributed by atoms with Crippen molar-refractivity contribution in [3.8, 4) is 10.8 Å². The average Bonchev–Trinajstić information content (AvgIpc) is 2.61. The fourth-order valence-electron chi connectivity index (χ4n) is 1.23. The van der Waals surface area contributed by atoms with Crippen molar-refractivity contribution in [3.63, 3.8) is 0 Å². The van der Waals surface area contributed by atoms with E-state index in [0.717, 1.165) is 10.6 Å². The van der Waals surface area contributed by atoms with Gasteiger partial charge in [0.25, 0.3) is 0 Å². The molecule has 0 saturated carbocycles. The predicted molar refractivity (Wildman–Crippen MR) is 66.5 cm³/mol. The van der Waals surface area contributed by atoms with Crippen molar-refractivity contribution >= 4 is 29.7 Å². The molecule has 0 aliphatic rings. The fraction of sp³-hybridized carbons (Fsp3) is 0.200. The van der Waals surface area contributed by atoms with Crippen LogP contribution in [-0.4, -0.2) is 26.0 Å². The Morgan fingerprint density at radius 2 is 2.06 bits per heavy atom. The first-order valence-corrected chi connectivity index (χ1v) is 5.44. The topological polar surface area (TPSA) is 76.0 Å². The van der Waals surface area contributed by atoms with E-state index in [2.05, 4.69) is 15.0 Å². The molecule has 0 aliphatic heterocycles. The van der Waals surface area contributed by atoms with Gasteiger partial charge in [-0.15, -0.1) is 23.7 Å². The van der Waals surface area contributed by atoms with Crippen LogP contribution in [0.4, 0.5) is 0 Å². The van der Waals surface area contributed by atoms with E-state index in [-0.39, 0.29) is 18.8 Å². The third kappa shape index (κ3) is 3.21. The predicted octanol–water partition coefficient (Wildman–Crippen LogP) is 1.96. The van der Waals surface area contributed by atoms with Crippen LogP contribution < -0.4 is 0 Å². The molecule has 0 atom stereocenters. The first kappa shape index (κ1) is 13.5. The Morgan fingerprint density at radius 1 is 1.41 bits per heavy atom. The van der Waals surface area contributed by atoms with Gasteiger partial charge in [0.05, 0.1) is 12.1 Å². The summed E-state index contributed by atoms with van der Waals surface area (Å²) in [5, 5.41) is 9.38. The molecule has 0 radical (unpaired) electrons. The van der Waals surface area contributed by atoms with Crippen LogP contribution in [0, 0.1) is 6.92 Å². The Morgan fingerprint density at radius 3 is 2.65 bits per heavy atom. The molecule has 0 aromatic carbocycles. The van der Waals surface area contributed by atoms with Crippen molar-refractivity contribution in [1.82, 2.24) is 15.0 Å². The van der Waals surface area contributed by atoms with Gasteiger partial charge in [0.2, 0.25) is 0 Å². The van der Waals surface area contributed by atoms with Crippen LogP contribution in [0.5, 0.6) is 0 Å². The zero-order valence-corrected chi connectivity index (χ0v) is 10.6. The highest BCUT2D eigenvalue weighted by atomic mass is 35.5. The van der Waals surface area contributed by atoms with Gasteiger partial charge in [-0.05, 0) is 13.0 Å². The van der Waals surface area contributed by atoms with Gasteiger partial charge in [0.1, 0.15) is 0 Å². The van der Waals surface area contributed by atoms with E-state index >= 15 is 0 Å². The van der Waals surface area contributed by atoms with Gasteiger partial charge in [0, 0.05) is 17.3 Å². The molecule has 5 nitrogen and oxygen atoms in total. The molecule has 7 heteroatoms. The van der Waals surface area contributed by atoms with Crippen LogP contribution in [0.3, 0.4) is 0 Å². The van der Waals surface area contributed by atoms with E-state index in [4.69, 9.17) is 5.11 Å². The molecule has 90 valence electrons. The molecule has 0 unspecified atom stereocenters. The van der Waals surface area contributed by atoms with E-state index in [9.17, 15) is 4.79 Å². The van der Waals surface area contributed by atoms with Crippen LogP contribution >= 0.6 is 23.7 Å². The van der Waals surface area contributed by atoms with Crippen LogP contribution in [0.15, 0.2) is 18.5 Å². The number of aliphatic carboxylic acids is 1. The Bertz CT molecular complexity index is 516. The van der Waals surface area contributed by atoms with E-state index in [1.54, 1.807) is 25.4 Å². The number of carboxylic acid groups (broad SMARTS) is 1. The van der Waals surface area contributed by atoms with E-state index in [1.165, 1.54) is 11.3 Å². The second-order valence-corrected chi connectivity index (χ2v) is 4.25. The minimum atomic E-state index is -0.854. The van der Waals surface area contributed by atoms with Gasteiger partial charge in [-0.2, -0.15) is 0 Å². The van der Waals surface area contributed by atoms with Crippen molar-refractivity contribution in [2.45, 2.75) is 13.3 Å². The van der Waals surface area contributed by atoms with Gasteiger partial charge in [-0.25, -0.2) is 15.0 Å². The minimum absolute atomic E-state index is 0. The van der Waals surface area contributed by atoms with Crippen molar-refractivity contribution in [2.24, 2.45) is 0 Å². The normalized spacial score (nSPS) is 9.71. The van der Waals surface area contributed by atoms with Crippen LogP contribution in [0.25, 0.3) is 10.8 Å². The Kier molecular flexibility index (Phi) is 4.53. The molecule has 0 aliphatic carbocycles. The molecule has 0 spiro atoms. The van der Waals surface area contributed by atoms with Crippen molar-refractivity contribution in [1.29, 1.82) is 0 Å². The number of aryl methyl sites for hydroxylation is 1. The number of hydrogen-bond donors (Lipinski definition) is 1. The number of hydrogen-bond acceptors (Lipinski definition) is 5.